The molecule has 0 aliphatic carbocycles. The van der Waals surface area contributed by atoms with Crippen LogP contribution in [0.5, 0.6) is 46.0 Å². The minimum Gasteiger partial charge on any atom is -0.508 e. The molecule has 2 saturated heterocycles. The van der Waals surface area contributed by atoms with Gasteiger partial charge in [0.1, 0.15) is 77.4 Å². The van der Waals surface area contributed by atoms with Gasteiger partial charge < -0.3 is 112 Å². The first-order valence-electron chi connectivity index (χ1n) is 32.4. The summed E-state index contributed by atoms with van der Waals surface area (Å²) in [6.07, 6.45) is -19.8. The number of Topliss-reactive ketones (excluding diaryl/α,β-unsaturated/α-hetero) is 2. The van der Waals surface area contributed by atoms with Gasteiger partial charge in [-0.25, -0.2) is 4.79 Å². The van der Waals surface area contributed by atoms with Crippen molar-refractivity contribution in [3.8, 4) is 57.1 Å². The number of fused-ring (bicyclic) bond motifs is 15. The van der Waals surface area contributed by atoms with Gasteiger partial charge in [-0.3, -0.25) is 33.6 Å². The van der Waals surface area contributed by atoms with E-state index in [1.54, 1.807) is 6.92 Å². The average molecular weight is 1450 g/mol. The van der Waals surface area contributed by atoms with E-state index in [4.69, 9.17) is 63.1 Å². The van der Waals surface area contributed by atoms with E-state index in [1.165, 1.54) is 38.1 Å². The first kappa shape index (κ1) is 74.9. The van der Waals surface area contributed by atoms with Crippen molar-refractivity contribution in [2.75, 3.05) is 6.61 Å². The Morgan fingerprint density at radius 1 is 0.743 bits per heavy atom. The number of carbonyl (C=O) groups excluding carboxylic acids is 7. The molecule has 542 valence electrons. The quantitative estimate of drug-likeness (QED) is 0.0801. The highest BCUT2D eigenvalue weighted by Crippen LogP contribution is 2.50. The van der Waals surface area contributed by atoms with E-state index >= 15 is 14.4 Å². The number of aliphatic carboxylic acids is 1. The van der Waals surface area contributed by atoms with Gasteiger partial charge in [-0.2, -0.15) is 0 Å². The Morgan fingerprint density at radius 2 is 1.38 bits per heavy atom. The molecule has 5 amide bonds. The molecule has 5 aromatic carbocycles. The van der Waals surface area contributed by atoms with Crippen molar-refractivity contribution in [3.05, 3.63) is 117 Å². The minimum absolute atomic E-state index is 0.0143. The van der Waals surface area contributed by atoms with E-state index in [-0.39, 0.29) is 51.1 Å². The number of carbonyl (C=O) groups is 8. The number of nitrogens with one attached hydrogen (secondary N) is 4. The van der Waals surface area contributed by atoms with E-state index < -0.39 is 238 Å². The van der Waals surface area contributed by atoms with Crippen molar-refractivity contribution in [2.45, 2.75) is 170 Å². The second kappa shape index (κ2) is 30.4. The molecular weight excluding hydrogens is 1370 g/mol. The predicted molar refractivity (Wildman–Crippen MR) is 353 cm³/mol. The molecular formula is C69H78Cl2N6O24. The molecule has 7 aliphatic heterocycles. The summed E-state index contributed by atoms with van der Waals surface area (Å²) in [5.74, 6) is -18.9. The van der Waals surface area contributed by atoms with E-state index in [0.29, 0.717) is 12.8 Å². The first-order chi connectivity index (χ1) is 47.7. The Hall–Kier alpha value is -8.76. The monoisotopic (exact) mass is 1440 g/mol. The van der Waals surface area contributed by atoms with Crippen molar-refractivity contribution in [1.29, 1.82) is 0 Å². The molecule has 18 atom stereocenters. The lowest BCUT2D eigenvalue weighted by Crippen LogP contribution is -2.64. The number of hydrogen-bond acceptors (Lipinski definition) is 24. The van der Waals surface area contributed by atoms with E-state index in [0.717, 1.165) is 54.6 Å². The highest BCUT2D eigenvalue weighted by molar-refractivity contribution is 6.32. The molecule has 0 radical (unpaired) electrons. The summed E-state index contributed by atoms with van der Waals surface area (Å²) >= 11 is 14.2. The fourth-order valence-electron chi connectivity index (χ4n) is 13.2. The molecule has 18 N–H and O–H groups in total. The molecule has 11 bridgehead atoms. The standard InChI is InChI=1S/C69H78Cl2N6O24/c1-6-28(13-26(2)3)63(90)76-54-42(82)17-33(20-49(72)84)64(91)74-52-32-18-46(97-44-11-8-30(56(54)85)15-38(44)70)60(101-68-61(59(88)58(87)48(25-78)99-68)100-50-24-69(5,73)62(89)27(4)96-50)47(19-32)98-45-12-9-31(16-39(45)71)57(86)55-66(93)75-53(67(94)95)37-21-34(79)22-41(81)51(37)36-14-29(7-10-40(36)80)35(23-43(52)83)65(92)77-55/h7-12,14-16,18-19,21-22,26-28,33,35,48,50,52-59,61-62,68,78-81,85-89H,6,13,17,20,23-25,73H2,1-5H3,(H2,72,84)(H,74,91)(H,75,93)(H,76,90)(H,77,92)(H,94,95)/t27-,28-,33+,35-,48?,50+,52-,53-,54?,55?,56-,57-,58-,59+,61?,62-,68+,69?/m1/s1. The second-order valence-electron chi connectivity index (χ2n) is 26.6. The van der Waals surface area contributed by atoms with Gasteiger partial charge >= 0.3 is 5.97 Å². The number of carboxylic acid groups (broad SMARTS) is 1. The average Bonchev–Trinajstić information content (AvgIpc) is 0.775. The Morgan fingerprint density at radius 3 is 1.96 bits per heavy atom. The van der Waals surface area contributed by atoms with Crippen LogP contribution in [0.1, 0.15) is 131 Å². The maximum atomic E-state index is 16.2. The maximum Gasteiger partial charge on any atom is 0.330 e. The number of aliphatic hydroxyl groups is 6. The highest BCUT2D eigenvalue weighted by Gasteiger charge is 2.51. The van der Waals surface area contributed by atoms with Gasteiger partial charge in [-0.05, 0) is 109 Å². The summed E-state index contributed by atoms with van der Waals surface area (Å²) < 4.78 is 38.5. The van der Waals surface area contributed by atoms with Crippen molar-refractivity contribution in [1.82, 2.24) is 21.3 Å². The van der Waals surface area contributed by atoms with Crippen LogP contribution >= 0.6 is 23.2 Å². The van der Waals surface area contributed by atoms with Gasteiger partial charge in [0.25, 0.3) is 0 Å². The number of rotatable bonds is 13. The number of ketones is 2. The SMILES string of the molecule is CC[C@H](CC(C)C)C(=O)NC1C(=O)C[C@@H](CC(N)=O)C(=O)N[C@H]2C(=O)C[C@H]3C(=O)NC(C(=O)N[C@@H](C(=O)O)c4cc(O)cc(O)c4-c4cc3ccc4O)[C@H](O)c3ccc(c(Cl)c3)Oc3cc2cc(c3O[C@@H]2OC(CO)[C@@H](O)[C@H](O)C2O[C@H]2CC(C)(N)[C@H](O)[C@@H](C)O2)Oc2ccc(cc2Cl)[C@H]1O. The molecule has 101 heavy (non-hydrogen) atoms. The molecule has 7 heterocycles. The van der Waals surface area contributed by atoms with Crippen LogP contribution < -0.4 is 46.9 Å². The normalized spacial score (nSPS) is 29.6. The summed E-state index contributed by atoms with van der Waals surface area (Å²) in [5, 5.41) is 123. The van der Waals surface area contributed by atoms with Crippen LogP contribution in [0, 0.1) is 17.8 Å². The van der Waals surface area contributed by atoms with E-state index in [1.807, 2.05) is 13.8 Å². The lowest BCUT2D eigenvalue weighted by molar-refractivity contribution is -0.333. The predicted octanol–water partition coefficient (Wildman–Crippen LogP) is 3.52. The van der Waals surface area contributed by atoms with Gasteiger partial charge in [-0.15, -0.1) is 0 Å². The molecule has 0 aromatic heterocycles. The number of primary amides is 1. The zero-order valence-corrected chi connectivity index (χ0v) is 56.5. The summed E-state index contributed by atoms with van der Waals surface area (Å²) in [6.45, 7) is 7.55. The first-order valence-corrected chi connectivity index (χ1v) is 33.2. The van der Waals surface area contributed by atoms with Gasteiger partial charge in [-0.1, -0.05) is 62.2 Å². The minimum atomic E-state index is -2.24. The third-order valence-corrected chi connectivity index (χ3v) is 19.2. The van der Waals surface area contributed by atoms with Crippen LogP contribution in [0.15, 0.2) is 78.9 Å². The lowest BCUT2D eigenvalue weighted by Gasteiger charge is -2.47. The molecule has 5 aromatic rings. The summed E-state index contributed by atoms with van der Waals surface area (Å²) in [7, 11) is 0. The zero-order chi connectivity index (χ0) is 73.5. The summed E-state index contributed by atoms with van der Waals surface area (Å²) in [5.41, 5.74) is 8.53. The van der Waals surface area contributed by atoms with Crippen molar-refractivity contribution < 1.29 is 118 Å². The van der Waals surface area contributed by atoms with E-state index in [2.05, 4.69) is 21.3 Å². The lowest BCUT2D eigenvalue weighted by atomic mass is 9.84. The highest BCUT2D eigenvalue weighted by atomic mass is 35.5. The molecule has 5 unspecified atom stereocenters. The van der Waals surface area contributed by atoms with Crippen molar-refractivity contribution in [3.63, 3.8) is 0 Å². The molecule has 32 heteroatoms. The fraction of sp³-hybridized carbons (Fsp3) is 0.449. The number of ether oxygens (including phenoxy) is 6. The van der Waals surface area contributed by atoms with Gasteiger partial charge in [0, 0.05) is 59.9 Å². The van der Waals surface area contributed by atoms with E-state index in [9.17, 15) is 75.0 Å². The van der Waals surface area contributed by atoms with Crippen molar-refractivity contribution in [2.24, 2.45) is 29.2 Å². The third-order valence-electron chi connectivity index (χ3n) is 18.6. The number of hydrogen-bond donors (Lipinski definition) is 16. The molecule has 12 rings (SSSR count). The smallest absolute Gasteiger partial charge is 0.330 e. The van der Waals surface area contributed by atoms with Crippen molar-refractivity contribution >= 4 is 70.3 Å². The molecule has 0 saturated carbocycles. The topological polar surface area (TPSA) is 494 Å². The number of halogens is 2. The number of amides is 5. The third kappa shape index (κ3) is 16.0. The molecule has 2 fully saturated rings. The second-order valence-corrected chi connectivity index (χ2v) is 27.4. The van der Waals surface area contributed by atoms with Gasteiger partial charge in [0.15, 0.2) is 41.5 Å². The zero-order valence-electron chi connectivity index (χ0n) is 54.9. The van der Waals surface area contributed by atoms with Gasteiger partial charge in [0.05, 0.1) is 40.7 Å². The Bertz CT molecular complexity index is 4060. The number of phenols is 3. The maximum absolute atomic E-state index is 16.2. The Labute approximate surface area is 586 Å². The summed E-state index contributed by atoms with van der Waals surface area (Å²) in [6, 6.07) is 5.66. The van der Waals surface area contributed by atoms with Crippen LogP contribution in [0.3, 0.4) is 0 Å². The number of carboxylic acids is 1. The molecule has 7 aliphatic rings. The molecule has 30 nitrogen and oxygen atoms in total. The number of benzene rings is 5. The Balaban J connectivity index is 1.24. The number of aromatic hydroxyl groups is 3. The van der Waals surface area contributed by atoms with Crippen LogP contribution in [0.25, 0.3) is 11.1 Å². The number of aliphatic hydroxyl groups excluding tert-OH is 6. The van der Waals surface area contributed by atoms with Crippen LogP contribution in [0.4, 0.5) is 0 Å². The van der Waals surface area contributed by atoms with Gasteiger partial charge in [0.2, 0.25) is 41.6 Å². The molecule has 0 spiro atoms. The van der Waals surface area contributed by atoms with Crippen LogP contribution in [-0.4, -0.2) is 172 Å². The largest absolute Gasteiger partial charge is 0.508 e. The Kier molecular flexibility index (Phi) is 22.6. The number of phenolic OH excluding ortho intramolecular Hbond substituents is 3. The summed E-state index contributed by atoms with van der Waals surface area (Å²) in [4.78, 5) is 117. The fourth-order valence-corrected chi connectivity index (χ4v) is 13.7. The number of nitrogens with two attached hydrogens (primary N) is 2. The van der Waals surface area contributed by atoms with Crippen LogP contribution in [-0.2, 0) is 52.6 Å². The van der Waals surface area contributed by atoms with Crippen LogP contribution in [0.2, 0.25) is 10.0 Å².